The van der Waals surface area contributed by atoms with Gasteiger partial charge >= 0.3 is 0 Å². The molecule has 5 rings (SSSR count). The van der Waals surface area contributed by atoms with Gasteiger partial charge in [-0.3, -0.25) is 14.2 Å². The lowest BCUT2D eigenvalue weighted by atomic mass is 9.97. The number of ether oxygens (including phenoxy) is 2. The minimum absolute atomic E-state index is 0.0566. The van der Waals surface area contributed by atoms with Crippen molar-refractivity contribution in [1.29, 1.82) is 0 Å². The molecule has 0 radical (unpaired) electrons. The van der Waals surface area contributed by atoms with Crippen LogP contribution >= 0.6 is 23.1 Å². The summed E-state index contributed by atoms with van der Waals surface area (Å²) < 4.78 is 12.6. The number of aromatic nitrogens is 2. The maximum Gasteiger partial charge on any atom is 0.267 e. The molecule has 1 amide bonds. The highest BCUT2D eigenvalue weighted by Gasteiger charge is 2.23. The van der Waals surface area contributed by atoms with Gasteiger partial charge < -0.3 is 9.47 Å². The van der Waals surface area contributed by atoms with Crippen LogP contribution in [0.25, 0.3) is 15.9 Å². The van der Waals surface area contributed by atoms with E-state index < -0.39 is 0 Å². The van der Waals surface area contributed by atoms with Crippen LogP contribution in [0.15, 0.2) is 63.6 Å². The van der Waals surface area contributed by atoms with Crippen LogP contribution in [-0.4, -0.2) is 41.1 Å². The van der Waals surface area contributed by atoms with Crippen LogP contribution in [0.4, 0.5) is 0 Å². The molecule has 1 N–H and O–H groups in total. The van der Waals surface area contributed by atoms with Gasteiger partial charge in [0.25, 0.3) is 11.5 Å². The number of methoxy groups -OCH3 is 1. The topological polar surface area (TPSA) is 94.8 Å². The second-order valence-corrected chi connectivity index (χ2v) is 11.9. The molecule has 0 unspecified atom stereocenters. The van der Waals surface area contributed by atoms with E-state index in [-0.39, 0.29) is 17.2 Å². The van der Waals surface area contributed by atoms with Crippen molar-refractivity contribution in [2.75, 3.05) is 19.5 Å². The molecule has 0 saturated heterocycles. The van der Waals surface area contributed by atoms with Crippen molar-refractivity contribution in [2.45, 2.75) is 57.0 Å². The number of amides is 1. The van der Waals surface area contributed by atoms with E-state index in [4.69, 9.17) is 14.5 Å². The summed E-state index contributed by atoms with van der Waals surface area (Å²) in [7, 11) is 1.61. The molecule has 2 aromatic carbocycles. The summed E-state index contributed by atoms with van der Waals surface area (Å²) in [6, 6.07) is 14.9. The number of thiophene rings is 1. The fourth-order valence-corrected chi connectivity index (χ4v) is 6.88. The highest BCUT2D eigenvalue weighted by Crippen LogP contribution is 2.35. The Morgan fingerprint density at radius 1 is 1.10 bits per heavy atom. The number of rotatable bonds is 12. The molecule has 10 heteroatoms. The third kappa shape index (κ3) is 7.00. The van der Waals surface area contributed by atoms with Gasteiger partial charge in [0, 0.05) is 4.88 Å². The predicted octanol–water partition coefficient (Wildman–Crippen LogP) is 6.15. The molecule has 0 saturated carbocycles. The Kier molecular flexibility index (Phi) is 9.74. The normalized spacial score (nSPS) is 12.9. The molecule has 2 aromatic heterocycles. The number of unbranched alkanes of at least 4 members (excludes halogenated alkanes) is 2. The van der Waals surface area contributed by atoms with E-state index in [1.807, 2.05) is 48.5 Å². The zero-order chi connectivity index (χ0) is 28.6. The quantitative estimate of drug-likeness (QED) is 0.0700. The first-order valence-corrected chi connectivity index (χ1v) is 15.8. The molecular weight excluding hydrogens is 556 g/mol. The Labute approximate surface area is 247 Å². The number of nitrogens with zero attached hydrogens (tertiary/aromatic N) is 3. The van der Waals surface area contributed by atoms with Crippen molar-refractivity contribution in [2.24, 2.45) is 5.10 Å². The number of fused-ring (bicyclic) bond motifs is 3. The minimum atomic E-state index is -0.289. The van der Waals surface area contributed by atoms with Crippen LogP contribution < -0.4 is 20.5 Å². The number of benzene rings is 2. The lowest BCUT2D eigenvalue weighted by Crippen LogP contribution is -2.24. The minimum Gasteiger partial charge on any atom is -0.497 e. The first-order chi connectivity index (χ1) is 20.1. The zero-order valence-electron chi connectivity index (χ0n) is 23.4. The van der Waals surface area contributed by atoms with Gasteiger partial charge in [-0.05, 0) is 91.8 Å². The van der Waals surface area contributed by atoms with Crippen LogP contribution in [0.3, 0.4) is 0 Å². The van der Waals surface area contributed by atoms with Gasteiger partial charge in [0.2, 0.25) is 0 Å². The fraction of sp³-hybridized carbons (Fsp3) is 0.355. The Bertz CT molecular complexity index is 1580. The van der Waals surface area contributed by atoms with Crippen LogP contribution in [0.1, 0.15) is 55.0 Å². The third-order valence-electron chi connectivity index (χ3n) is 6.92. The first kappa shape index (κ1) is 28.9. The van der Waals surface area contributed by atoms with Crippen molar-refractivity contribution >= 4 is 45.4 Å². The van der Waals surface area contributed by atoms with Crippen molar-refractivity contribution < 1.29 is 14.3 Å². The Morgan fingerprint density at radius 3 is 2.61 bits per heavy atom. The van der Waals surface area contributed by atoms with Crippen LogP contribution in [0.2, 0.25) is 0 Å². The number of hydrazone groups is 1. The van der Waals surface area contributed by atoms with Crippen molar-refractivity contribution in [3.63, 3.8) is 0 Å². The van der Waals surface area contributed by atoms with Gasteiger partial charge in [-0.1, -0.05) is 31.5 Å². The lowest BCUT2D eigenvalue weighted by molar-refractivity contribution is -0.118. The number of carbonyl (C=O) groups excluding carboxylic acids is 1. The van der Waals surface area contributed by atoms with Crippen LogP contribution in [0, 0.1) is 0 Å². The molecule has 1 aliphatic carbocycles. The van der Waals surface area contributed by atoms with Crippen molar-refractivity contribution in [1.82, 2.24) is 15.0 Å². The Morgan fingerprint density at radius 2 is 1.85 bits per heavy atom. The van der Waals surface area contributed by atoms with E-state index in [0.717, 1.165) is 66.7 Å². The third-order valence-corrected chi connectivity index (χ3v) is 9.04. The summed E-state index contributed by atoms with van der Waals surface area (Å²) in [6.45, 7) is 2.87. The summed E-state index contributed by atoms with van der Waals surface area (Å²) >= 11 is 2.82. The first-order valence-electron chi connectivity index (χ1n) is 14.0. The number of hydrogen-bond donors (Lipinski definition) is 1. The fourth-order valence-electron chi connectivity index (χ4n) is 4.78. The zero-order valence-corrected chi connectivity index (χ0v) is 25.0. The number of carbonyl (C=O) groups is 1. The van der Waals surface area contributed by atoms with Crippen molar-refractivity contribution in [3.8, 4) is 17.2 Å². The molecule has 41 heavy (non-hydrogen) atoms. The van der Waals surface area contributed by atoms with Gasteiger partial charge in [0.15, 0.2) is 5.16 Å². The van der Waals surface area contributed by atoms with E-state index in [9.17, 15) is 9.59 Å². The summed E-state index contributed by atoms with van der Waals surface area (Å²) in [6.07, 6.45) is 9.04. The highest BCUT2D eigenvalue weighted by atomic mass is 32.2. The number of aryl methyl sites for hydroxylation is 2. The monoisotopic (exact) mass is 590 g/mol. The smallest absolute Gasteiger partial charge is 0.267 e. The van der Waals surface area contributed by atoms with Gasteiger partial charge in [-0.25, -0.2) is 10.4 Å². The average molecular weight is 591 g/mol. The average Bonchev–Trinajstić information content (AvgIpc) is 3.38. The van der Waals surface area contributed by atoms with E-state index >= 15 is 0 Å². The highest BCUT2D eigenvalue weighted by molar-refractivity contribution is 7.99. The largest absolute Gasteiger partial charge is 0.497 e. The van der Waals surface area contributed by atoms with Gasteiger partial charge in [-0.15, -0.1) is 11.3 Å². The van der Waals surface area contributed by atoms with Gasteiger partial charge in [0.05, 0.1) is 36.8 Å². The standard InChI is InChI=1S/C31H34N4O4S2/c1-3-4-7-18-39-24-14-10-21(11-15-24)19-32-34-27(36)20-40-31-33-29-28(25-8-5-6-9-26(25)41-29)30(37)35(31)22-12-16-23(38-2)17-13-22/h10-17,19H,3-9,18,20H2,1-2H3,(H,34,36). The van der Waals surface area contributed by atoms with E-state index in [1.165, 1.54) is 16.6 Å². The Balaban J connectivity index is 1.29. The van der Waals surface area contributed by atoms with E-state index in [0.29, 0.717) is 28.6 Å². The van der Waals surface area contributed by atoms with Crippen molar-refractivity contribution in [3.05, 3.63) is 74.9 Å². The number of thioether (sulfide) groups is 1. The van der Waals surface area contributed by atoms with Crippen LogP contribution in [-0.2, 0) is 17.6 Å². The molecule has 0 fully saturated rings. The van der Waals surface area contributed by atoms with E-state index in [2.05, 4.69) is 17.5 Å². The molecule has 8 nitrogen and oxygen atoms in total. The SMILES string of the molecule is CCCCCOc1ccc(C=NNC(=O)CSc2nc3sc4c(c3c(=O)n2-c2ccc(OC)cc2)CCCC4)cc1. The summed E-state index contributed by atoms with van der Waals surface area (Å²) in [5.74, 6) is 1.28. The predicted molar refractivity (Wildman–Crippen MR) is 166 cm³/mol. The van der Waals surface area contributed by atoms with E-state index in [1.54, 1.807) is 29.2 Å². The molecule has 4 aromatic rings. The lowest BCUT2D eigenvalue weighted by Gasteiger charge is -2.14. The second kappa shape index (κ2) is 13.8. The van der Waals surface area contributed by atoms with Gasteiger partial charge in [0.1, 0.15) is 16.3 Å². The van der Waals surface area contributed by atoms with Crippen LogP contribution in [0.5, 0.6) is 11.5 Å². The summed E-state index contributed by atoms with van der Waals surface area (Å²) in [4.78, 5) is 33.4. The second-order valence-electron chi connectivity index (χ2n) is 9.83. The number of nitrogens with one attached hydrogen (secondary N) is 1. The summed E-state index contributed by atoms with van der Waals surface area (Å²) in [5, 5.41) is 5.28. The molecular formula is C31H34N4O4S2. The molecule has 0 aliphatic heterocycles. The molecule has 1 aliphatic rings. The Hall–Kier alpha value is -3.63. The molecule has 214 valence electrons. The molecule has 0 bridgehead atoms. The number of hydrogen-bond acceptors (Lipinski definition) is 8. The molecule has 0 spiro atoms. The maximum absolute atomic E-state index is 13.9. The maximum atomic E-state index is 13.9. The molecule has 2 heterocycles. The summed E-state index contributed by atoms with van der Waals surface area (Å²) in [5.41, 5.74) is 5.14. The molecule has 0 atom stereocenters. The van der Waals surface area contributed by atoms with Gasteiger partial charge in [-0.2, -0.15) is 5.10 Å².